The Morgan fingerprint density at radius 3 is 2.68 bits per heavy atom. The van der Waals surface area contributed by atoms with Gasteiger partial charge in [-0.15, -0.1) is 0 Å². The molecule has 2 aliphatic carbocycles. The third-order valence-electron chi connectivity index (χ3n) is 4.36. The number of amides is 2. The molecule has 2 aliphatic rings. The normalized spacial score (nSPS) is 16.5. The van der Waals surface area contributed by atoms with Crippen molar-refractivity contribution in [1.82, 2.24) is 15.2 Å². The van der Waals surface area contributed by atoms with E-state index in [1.165, 1.54) is 6.26 Å². The lowest BCUT2D eigenvalue weighted by Crippen LogP contribution is -2.33. The van der Waals surface area contributed by atoms with Crippen LogP contribution in [0.25, 0.3) is 0 Å². The lowest BCUT2D eigenvalue weighted by Gasteiger charge is -2.21. The number of hydrogen-bond donors (Lipinski definition) is 1. The standard InChI is InChI=1S/C18H18ClN3O3/c19-14-4-2-1-3-13(14)18(24)22(12-7-8-12)9-16-21-15(10-25-16)17(23)20-11-5-6-11/h1-4,10-12H,5-9H2,(H,20,23). The van der Waals surface area contributed by atoms with Crippen molar-refractivity contribution < 1.29 is 14.0 Å². The highest BCUT2D eigenvalue weighted by atomic mass is 35.5. The van der Waals surface area contributed by atoms with Crippen molar-refractivity contribution >= 4 is 23.4 Å². The fourth-order valence-corrected chi connectivity index (χ4v) is 2.88. The van der Waals surface area contributed by atoms with Crippen molar-refractivity contribution in [2.45, 2.75) is 44.3 Å². The van der Waals surface area contributed by atoms with Gasteiger partial charge in [-0.05, 0) is 37.8 Å². The fourth-order valence-electron chi connectivity index (χ4n) is 2.66. The molecule has 0 bridgehead atoms. The van der Waals surface area contributed by atoms with Crippen molar-refractivity contribution in [3.05, 3.63) is 52.7 Å². The quantitative estimate of drug-likeness (QED) is 0.860. The molecule has 0 radical (unpaired) electrons. The number of aromatic nitrogens is 1. The van der Waals surface area contributed by atoms with Crippen LogP contribution in [0.1, 0.15) is 52.4 Å². The third-order valence-corrected chi connectivity index (χ3v) is 4.68. The van der Waals surface area contributed by atoms with E-state index in [-0.39, 0.29) is 36.1 Å². The molecule has 2 amide bonds. The van der Waals surface area contributed by atoms with Crippen LogP contribution < -0.4 is 5.32 Å². The van der Waals surface area contributed by atoms with E-state index in [0.717, 1.165) is 25.7 Å². The summed E-state index contributed by atoms with van der Waals surface area (Å²) in [6, 6.07) is 7.42. The highest BCUT2D eigenvalue weighted by Crippen LogP contribution is 2.31. The Morgan fingerprint density at radius 2 is 2.00 bits per heavy atom. The van der Waals surface area contributed by atoms with Crippen molar-refractivity contribution in [2.75, 3.05) is 0 Å². The monoisotopic (exact) mass is 359 g/mol. The SMILES string of the molecule is O=C(NC1CC1)c1coc(CN(C(=O)c2ccccc2Cl)C2CC2)n1. The van der Waals surface area contributed by atoms with Crippen molar-refractivity contribution in [2.24, 2.45) is 0 Å². The number of halogens is 1. The van der Waals surface area contributed by atoms with E-state index < -0.39 is 0 Å². The van der Waals surface area contributed by atoms with Gasteiger partial charge in [0.2, 0.25) is 5.89 Å². The molecule has 7 heteroatoms. The lowest BCUT2D eigenvalue weighted by molar-refractivity contribution is 0.0714. The van der Waals surface area contributed by atoms with Gasteiger partial charge in [0, 0.05) is 12.1 Å². The van der Waals surface area contributed by atoms with Gasteiger partial charge in [0.15, 0.2) is 5.69 Å². The second-order valence-electron chi connectivity index (χ2n) is 6.52. The smallest absolute Gasteiger partial charge is 0.273 e. The Balaban J connectivity index is 1.49. The molecule has 0 saturated heterocycles. The van der Waals surface area contributed by atoms with Crippen molar-refractivity contribution in [1.29, 1.82) is 0 Å². The maximum atomic E-state index is 12.8. The number of carbonyl (C=O) groups excluding carboxylic acids is 2. The first-order chi connectivity index (χ1) is 12.1. The van der Waals surface area contributed by atoms with E-state index in [9.17, 15) is 9.59 Å². The van der Waals surface area contributed by atoms with Crippen LogP contribution in [0.2, 0.25) is 5.02 Å². The fraction of sp³-hybridized carbons (Fsp3) is 0.389. The summed E-state index contributed by atoms with van der Waals surface area (Å²) in [4.78, 5) is 30.8. The summed E-state index contributed by atoms with van der Waals surface area (Å²) < 4.78 is 5.41. The van der Waals surface area contributed by atoms with Gasteiger partial charge in [0.05, 0.1) is 17.1 Å². The van der Waals surface area contributed by atoms with Gasteiger partial charge in [-0.1, -0.05) is 23.7 Å². The maximum absolute atomic E-state index is 12.8. The number of hydrogen-bond acceptors (Lipinski definition) is 4. The Morgan fingerprint density at radius 1 is 1.24 bits per heavy atom. The number of oxazole rings is 1. The largest absolute Gasteiger partial charge is 0.446 e. The van der Waals surface area contributed by atoms with Gasteiger partial charge in [-0.25, -0.2) is 4.98 Å². The van der Waals surface area contributed by atoms with Gasteiger partial charge in [0.25, 0.3) is 11.8 Å². The molecule has 4 rings (SSSR count). The summed E-state index contributed by atoms with van der Waals surface area (Å²) in [6.45, 7) is 0.228. The Kier molecular flexibility index (Phi) is 4.21. The van der Waals surface area contributed by atoms with Gasteiger partial charge in [0.1, 0.15) is 6.26 Å². The molecule has 2 saturated carbocycles. The zero-order valence-electron chi connectivity index (χ0n) is 13.6. The van der Waals surface area contributed by atoms with E-state index in [1.807, 2.05) is 0 Å². The Labute approximate surface area is 150 Å². The zero-order chi connectivity index (χ0) is 17.4. The summed E-state index contributed by atoms with van der Waals surface area (Å²) >= 11 is 6.15. The summed E-state index contributed by atoms with van der Waals surface area (Å²) in [5, 5.41) is 3.29. The molecule has 0 unspecified atom stereocenters. The van der Waals surface area contributed by atoms with Crippen LogP contribution in [0.3, 0.4) is 0 Å². The predicted molar refractivity (Wildman–Crippen MR) is 91.3 cm³/mol. The first-order valence-electron chi connectivity index (χ1n) is 8.42. The van der Waals surface area contributed by atoms with Crippen LogP contribution in [-0.2, 0) is 6.54 Å². The summed E-state index contributed by atoms with van der Waals surface area (Å²) in [7, 11) is 0. The van der Waals surface area contributed by atoms with E-state index in [0.29, 0.717) is 16.5 Å². The van der Waals surface area contributed by atoms with Gasteiger partial charge >= 0.3 is 0 Å². The molecular formula is C18H18ClN3O3. The number of nitrogens with one attached hydrogen (secondary N) is 1. The minimum atomic E-state index is -0.229. The minimum absolute atomic E-state index is 0.143. The molecule has 2 aromatic rings. The summed E-state index contributed by atoms with van der Waals surface area (Å²) in [5.41, 5.74) is 0.720. The predicted octanol–water partition coefficient (Wildman–Crippen LogP) is 3.03. The van der Waals surface area contributed by atoms with Crippen LogP contribution in [0.5, 0.6) is 0 Å². The highest BCUT2D eigenvalue weighted by molar-refractivity contribution is 6.33. The molecule has 0 atom stereocenters. The van der Waals surface area contributed by atoms with E-state index in [4.69, 9.17) is 16.0 Å². The molecule has 0 spiro atoms. The molecule has 130 valence electrons. The van der Waals surface area contributed by atoms with Gasteiger partial charge < -0.3 is 14.6 Å². The summed E-state index contributed by atoms with van der Waals surface area (Å²) in [6.07, 6.45) is 5.27. The molecule has 6 nitrogen and oxygen atoms in total. The molecule has 2 fully saturated rings. The maximum Gasteiger partial charge on any atom is 0.273 e. The van der Waals surface area contributed by atoms with Crippen LogP contribution in [0.15, 0.2) is 34.9 Å². The van der Waals surface area contributed by atoms with Gasteiger partial charge in [-0.3, -0.25) is 9.59 Å². The second-order valence-corrected chi connectivity index (χ2v) is 6.93. The Bertz CT molecular complexity index is 811. The minimum Gasteiger partial charge on any atom is -0.446 e. The van der Waals surface area contributed by atoms with Crippen LogP contribution in [0.4, 0.5) is 0 Å². The summed E-state index contributed by atoms with van der Waals surface area (Å²) in [5.74, 6) is -0.0172. The van der Waals surface area contributed by atoms with E-state index in [2.05, 4.69) is 10.3 Å². The first kappa shape index (κ1) is 16.1. The van der Waals surface area contributed by atoms with Crippen LogP contribution in [0, 0.1) is 0 Å². The number of carbonyl (C=O) groups is 2. The zero-order valence-corrected chi connectivity index (χ0v) is 14.3. The van der Waals surface area contributed by atoms with Gasteiger partial charge in [-0.2, -0.15) is 0 Å². The molecule has 25 heavy (non-hydrogen) atoms. The Hall–Kier alpha value is -2.34. The third kappa shape index (κ3) is 3.69. The molecule has 1 N–H and O–H groups in total. The highest BCUT2D eigenvalue weighted by Gasteiger charge is 2.35. The molecular weight excluding hydrogens is 342 g/mol. The number of benzene rings is 1. The molecule has 0 aliphatic heterocycles. The van der Waals surface area contributed by atoms with Crippen LogP contribution in [-0.4, -0.2) is 33.8 Å². The average molecular weight is 360 g/mol. The molecule has 1 aromatic heterocycles. The number of rotatable bonds is 6. The van der Waals surface area contributed by atoms with Crippen LogP contribution >= 0.6 is 11.6 Å². The second kappa shape index (κ2) is 6.52. The first-order valence-corrected chi connectivity index (χ1v) is 8.80. The molecule has 1 aromatic carbocycles. The molecule has 1 heterocycles. The average Bonchev–Trinajstić information content (AvgIpc) is 3.53. The van der Waals surface area contributed by atoms with Crippen molar-refractivity contribution in [3.63, 3.8) is 0 Å². The number of nitrogens with zero attached hydrogens (tertiary/aromatic N) is 2. The van der Waals surface area contributed by atoms with E-state index >= 15 is 0 Å². The van der Waals surface area contributed by atoms with E-state index in [1.54, 1.807) is 29.2 Å². The van der Waals surface area contributed by atoms with Crippen molar-refractivity contribution in [3.8, 4) is 0 Å². The lowest BCUT2D eigenvalue weighted by atomic mass is 10.2. The topological polar surface area (TPSA) is 75.4 Å².